The predicted octanol–water partition coefficient (Wildman–Crippen LogP) is 2.45. The van der Waals surface area contributed by atoms with Gasteiger partial charge in [-0.3, -0.25) is 14.6 Å². The molecule has 31 heavy (non-hydrogen) atoms. The van der Waals surface area contributed by atoms with Crippen molar-refractivity contribution in [3.63, 3.8) is 0 Å². The summed E-state index contributed by atoms with van der Waals surface area (Å²) in [5.41, 5.74) is 2.63. The summed E-state index contributed by atoms with van der Waals surface area (Å²) in [7, 11) is -1.62. The Morgan fingerprint density at radius 1 is 1.13 bits per heavy atom. The monoisotopic (exact) mass is 440 g/mol. The minimum Gasteiger partial charge on any atom is -0.369 e. The van der Waals surface area contributed by atoms with Crippen molar-refractivity contribution in [3.8, 4) is 0 Å². The Balaban J connectivity index is 1.54. The minimum atomic E-state index is -3.73. The van der Waals surface area contributed by atoms with Crippen molar-refractivity contribution in [1.82, 2.24) is 15.1 Å². The fourth-order valence-electron chi connectivity index (χ4n) is 3.53. The summed E-state index contributed by atoms with van der Waals surface area (Å²) in [6.07, 6.45) is 0. The maximum Gasteiger partial charge on any atom is 0.276 e. The first kappa shape index (κ1) is 20.9. The molecule has 10 heteroatoms. The van der Waals surface area contributed by atoms with Crippen LogP contribution in [0.1, 0.15) is 10.5 Å². The van der Waals surface area contributed by atoms with Gasteiger partial charge in [-0.1, -0.05) is 12.6 Å². The Bertz CT molecular complexity index is 1210. The number of fused-ring (bicyclic) bond motifs is 1. The second kappa shape index (κ2) is 8.40. The Hall–Kier alpha value is -3.37. The van der Waals surface area contributed by atoms with E-state index in [0.29, 0.717) is 16.6 Å². The molecule has 2 aromatic carbocycles. The lowest BCUT2D eigenvalue weighted by Crippen LogP contribution is -2.44. The molecule has 0 bridgehead atoms. The van der Waals surface area contributed by atoms with Gasteiger partial charge in [0.05, 0.1) is 16.6 Å². The van der Waals surface area contributed by atoms with Crippen LogP contribution in [-0.4, -0.2) is 62.6 Å². The van der Waals surface area contributed by atoms with Crippen LogP contribution in [0.25, 0.3) is 10.9 Å². The number of H-pyrrole nitrogens is 1. The summed E-state index contributed by atoms with van der Waals surface area (Å²) in [5, 5.41) is 10.9. The number of aromatic amines is 1. The molecule has 1 saturated heterocycles. The maximum atomic E-state index is 12.9. The number of benzene rings is 2. The summed E-state index contributed by atoms with van der Waals surface area (Å²) in [6, 6.07) is 12.6. The number of piperazine rings is 1. The van der Waals surface area contributed by atoms with Crippen LogP contribution in [0.5, 0.6) is 0 Å². The molecule has 0 unspecified atom stereocenters. The van der Waals surface area contributed by atoms with Crippen molar-refractivity contribution in [2.75, 3.05) is 48.2 Å². The number of carbonyl (C=O) groups excluding carboxylic acids is 1. The number of hydrogen-bond donors (Lipinski definition) is 3. The SMILES string of the molecule is C=CS(=O)(=O)Nc1cccc2[nH]nc(C(=O)Nc3ccc(N4CCN(C)CC4)cc3)c12. The van der Waals surface area contributed by atoms with Crippen LogP contribution in [0.3, 0.4) is 0 Å². The molecule has 162 valence electrons. The van der Waals surface area contributed by atoms with E-state index in [1.165, 1.54) is 0 Å². The molecule has 0 atom stereocenters. The highest BCUT2D eigenvalue weighted by atomic mass is 32.2. The van der Waals surface area contributed by atoms with Crippen molar-refractivity contribution in [2.45, 2.75) is 0 Å². The molecule has 1 aromatic heterocycles. The molecule has 0 saturated carbocycles. The Morgan fingerprint density at radius 3 is 2.52 bits per heavy atom. The number of nitrogens with zero attached hydrogens (tertiary/aromatic N) is 3. The highest BCUT2D eigenvalue weighted by Crippen LogP contribution is 2.27. The molecule has 1 amide bonds. The summed E-state index contributed by atoms with van der Waals surface area (Å²) >= 11 is 0. The fraction of sp³-hybridized carbons (Fsp3) is 0.238. The lowest BCUT2D eigenvalue weighted by molar-refractivity contribution is 0.102. The first-order chi connectivity index (χ1) is 14.9. The van der Waals surface area contributed by atoms with Gasteiger partial charge in [0.2, 0.25) is 0 Å². The number of amides is 1. The lowest BCUT2D eigenvalue weighted by atomic mass is 10.1. The molecule has 0 aliphatic carbocycles. The van der Waals surface area contributed by atoms with Crippen LogP contribution in [-0.2, 0) is 10.0 Å². The zero-order chi connectivity index (χ0) is 22.0. The van der Waals surface area contributed by atoms with Gasteiger partial charge in [-0.2, -0.15) is 5.10 Å². The molecule has 9 nitrogen and oxygen atoms in total. The molecule has 4 rings (SSSR count). The summed E-state index contributed by atoms with van der Waals surface area (Å²) in [6.45, 7) is 7.25. The van der Waals surface area contributed by atoms with E-state index in [2.05, 4.69) is 43.7 Å². The summed E-state index contributed by atoms with van der Waals surface area (Å²) < 4.78 is 26.2. The maximum absolute atomic E-state index is 12.9. The molecule has 2 heterocycles. The second-order valence-corrected chi connectivity index (χ2v) is 9.03. The van der Waals surface area contributed by atoms with Gasteiger partial charge in [-0.15, -0.1) is 0 Å². The van der Waals surface area contributed by atoms with Gasteiger partial charge in [0.25, 0.3) is 15.9 Å². The molecular weight excluding hydrogens is 416 g/mol. The Morgan fingerprint density at radius 2 is 1.84 bits per heavy atom. The van der Waals surface area contributed by atoms with E-state index in [9.17, 15) is 13.2 Å². The van der Waals surface area contributed by atoms with Gasteiger partial charge in [-0.25, -0.2) is 8.42 Å². The summed E-state index contributed by atoms with van der Waals surface area (Å²) in [5.74, 6) is -0.441. The lowest BCUT2D eigenvalue weighted by Gasteiger charge is -2.34. The third-order valence-corrected chi connectivity index (χ3v) is 6.21. The van der Waals surface area contributed by atoms with Gasteiger partial charge < -0.3 is 15.1 Å². The van der Waals surface area contributed by atoms with E-state index in [4.69, 9.17) is 0 Å². The highest BCUT2D eigenvalue weighted by molar-refractivity contribution is 7.95. The average molecular weight is 441 g/mol. The van der Waals surface area contributed by atoms with E-state index >= 15 is 0 Å². The minimum absolute atomic E-state index is 0.0977. The first-order valence-electron chi connectivity index (χ1n) is 9.83. The van der Waals surface area contributed by atoms with Crippen LogP contribution in [0, 0.1) is 0 Å². The zero-order valence-corrected chi connectivity index (χ0v) is 17.9. The fourth-order valence-corrected chi connectivity index (χ4v) is 4.09. The average Bonchev–Trinajstić information content (AvgIpc) is 3.20. The van der Waals surface area contributed by atoms with Crippen molar-refractivity contribution >= 4 is 43.9 Å². The number of rotatable bonds is 6. The number of likely N-dealkylation sites (N-methyl/N-ethyl adjacent to an activating group) is 1. The molecule has 3 aromatic rings. The van der Waals surface area contributed by atoms with Crippen molar-refractivity contribution < 1.29 is 13.2 Å². The van der Waals surface area contributed by atoms with Gasteiger partial charge in [0, 0.05) is 43.0 Å². The number of hydrogen-bond acceptors (Lipinski definition) is 6. The molecule has 3 N–H and O–H groups in total. The van der Waals surface area contributed by atoms with Crippen LogP contribution in [0.15, 0.2) is 54.5 Å². The number of anilines is 3. The zero-order valence-electron chi connectivity index (χ0n) is 17.1. The smallest absolute Gasteiger partial charge is 0.276 e. The number of aromatic nitrogens is 2. The Kier molecular flexibility index (Phi) is 5.66. The van der Waals surface area contributed by atoms with E-state index in [-0.39, 0.29) is 11.4 Å². The number of sulfonamides is 1. The van der Waals surface area contributed by atoms with E-state index < -0.39 is 15.9 Å². The topological polar surface area (TPSA) is 110 Å². The van der Waals surface area contributed by atoms with Crippen molar-refractivity contribution in [2.24, 2.45) is 0 Å². The van der Waals surface area contributed by atoms with Crippen LogP contribution in [0.4, 0.5) is 17.1 Å². The van der Waals surface area contributed by atoms with Gasteiger partial charge in [0.1, 0.15) is 0 Å². The molecule has 1 aliphatic rings. The Labute approximate surface area is 180 Å². The van der Waals surface area contributed by atoms with Gasteiger partial charge >= 0.3 is 0 Å². The molecule has 0 radical (unpaired) electrons. The summed E-state index contributed by atoms with van der Waals surface area (Å²) in [4.78, 5) is 17.5. The number of carbonyl (C=O) groups is 1. The normalized spacial score (nSPS) is 15.1. The van der Waals surface area contributed by atoms with Gasteiger partial charge in [0.15, 0.2) is 5.69 Å². The third-order valence-electron chi connectivity index (χ3n) is 5.27. The predicted molar refractivity (Wildman–Crippen MR) is 123 cm³/mol. The largest absolute Gasteiger partial charge is 0.369 e. The standard InChI is InChI=1S/C21H24N6O3S/c1-3-31(29,30)25-18-6-4-5-17-19(18)20(24-23-17)21(28)22-15-7-9-16(10-8-15)27-13-11-26(2)12-14-27/h3-10,25H,1,11-14H2,2H3,(H,22,28)(H,23,24). The van der Waals surface area contributed by atoms with Crippen LogP contribution < -0.4 is 14.9 Å². The van der Waals surface area contributed by atoms with E-state index in [1.54, 1.807) is 18.2 Å². The van der Waals surface area contributed by atoms with Crippen LogP contribution in [0.2, 0.25) is 0 Å². The molecule has 1 fully saturated rings. The molecule has 1 aliphatic heterocycles. The second-order valence-electron chi connectivity index (χ2n) is 7.41. The first-order valence-corrected chi connectivity index (χ1v) is 11.4. The van der Waals surface area contributed by atoms with Crippen molar-refractivity contribution in [1.29, 1.82) is 0 Å². The van der Waals surface area contributed by atoms with E-state index in [1.807, 2.05) is 24.3 Å². The quantitative estimate of drug-likeness (QED) is 0.543. The molecule has 0 spiro atoms. The van der Waals surface area contributed by atoms with Gasteiger partial charge in [-0.05, 0) is 43.4 Å². The highest BCUT2D eigenvalue weighted by Gasteiger charge is 2.20. The van der Waals surface area contributed by atoms with Crippen LogP contribution >= 0.6 is 0 Å². The van der Waals surface area contributed by atoms with E-state index in [0.717, 1.165) is 37.3 Å². The third kappa shape index (κ3) is 4.54. The number of nitrogens with one attached hydrogen (secondary N) is 3. The molecular formula is C21H24N6O3S. The van der Waals surface area contributed by atoms with Crippen molar-refractivity contribution in [3.05, 3.63) is 60.1 Å².